The molecule has 2 rings (SSSR count). The zero-order valence-corrected chi connectivity index (χ0v) is 11.7. The first-order chi connectivity index (χ1) is 8.74. The Morgan fingerprint density at radius 3 is 2.78 bits per heavy atom. The molecule has 0 aliphatic rings. The second kappa shape index (κ2) is 5.93. The van der Waals surface area contributed by atoms with Crippen LogP contribution >= 0.6 is 11.3 Å². The van der Waals surface area contributed by atoms with Gasteiger partial charge in [0.25, 0.3) is 0 Å². The van der Waals surface area contributed by atoms with Crippen molar-refractivity contribution in [2.75, 3.05) is 19.0 Å². The van der Waals surface area contributed by atoms with Gasteiger partial charge in [-0.25, -0.2) is 9.97 Å². The minimum Gasteiger partial charge on any atom is -0.378 e. The summed E-state index contributed by atoms with van der Waals surface area (Å²) < 4.78 is 5.15. The number of hydrogen-bond acceptors (Lipinski definition) is 5. The zero-order chi connectivity index (χ0) is 13.0. The van der Waals surface area contributed by atoms with Gasteiger partial charge in [0.2, 0.25) is 0 Å². The highest BCUT2D eigenvalue weighted by Crippen LogP contribution is 2.25. The maximum Gasteiger partial charge on any atom is 0.162 e. The minimum atomic E-state index is 0.497. The van der Waals surface area contributed by atoms with Crippen molar-refractivity contribution in [1.29, 1.82) is 0 Å². The van der Waals surface area contributed by atoms with Crippen molar-refractivity contribution in [3.05, 3.63) is 28.1 Å². The number of anilines is 1. The van der Waals surface area contributed by atoms with E-state index in [4.69, 9.17) is 4.74 Å². The number of thiophene rings is 1. The molecule has 0 bridgehead atoms. The molecule has 2 aromatic heterocycles. The van der Waals surface area contributed by atoms with Crippen molar-refractivity contribution in [3.8, 4) is 11.4 Å². The summed E-state index contributed by atoms with van der Waals surface area (Å²) in [6.45, 7) is 5.46. The Bertz CT molecular complexity index is 500. The quantitative estimate of drug-likeness (QED) is 0.900. The Hall–Kier alpha value is -1.46. The number of nitrogens with one attached hydrogen (secondary N) is 1. The summed E-state index contributed by atoms with van der Waals surface area (Å²) in [5.41, 5.74) is 3.19. The highest BCUT2D eigenvalue weighted by atomic mass is 32.1. The van der Waals surface area contributed by atoms with Crippen molar-refractivity contribution >= 4 is 17.2 Å². The normalized spacial score (nSPS) is 10.6. The molecule has 18 heavy (non-hydrogen) atoms. The van der Waals surface area contributed by atoms with Crippen molar-refractivity contribution in [3.63, 3.8) is 0 Å². The number of methoxy groups -OCH3 is 1. The second-order valence-corrected chi connectivity index (χ2v) is 4.74. The van der Waals surface area contributed by atoms with Gasteiger partial charge >= 0.3 is 0 Å². The van der Waals surface area contributed by atoms with E-state index in [2.05, 4.69) is 33.0 Å². The molecule has 0 radical (unpaired) electrons. The third kappa shape index (κ3) is 2.86. The number of hydrogen-bond donors (Lipinski definition) is 1. The Morgan fingerprint density at radius 2 is 2.17 bits per heavy atom. The average Bonchev–Trinajstić information content (AvgIpc) is 2.76. The van der Waals surface area contributed by atoms with E-state index in [1.54, 1.807) is 18.4 Å². The van der Waals surface area contributed by atoms with Gasteiger partial charge in [-0.05, 0) is 24.8 Å². The predicted octanol–water partition coefficient (Wildman–Crippen LogP) is 3.09. The average molecular weight is 263 g/mol. The molecule has 0 unspecified atom stereocenters. The molecular weight excluding hydrogens is 246 g/mol. The van der Waals surface area contributed by atoms with Gasteiger partial charge in [0.05, 0.1) is 12.3 Å². The van der Waals surface area contributed by atoms with Crippen molar-refractivity contribution in [2.24, 2.45) is 0 Å². The third-order valence-electron chi connectivity index (χ3n) is 2.53. The molecule has 5 heteroatoms. The van der Waals surface area contributed by atoms with Gasteiger partial charge in [0, 0.05) is 30.7 Å². The van der Waals surface area contributed by atoms with E-state index >= 15 is 0 Å². The summed E-state index contributed by atoms with van der Waals surface area (Å²) in [7, 11) is 1.67. The number of ether oxygens (including phenoxy) is 1. The molecule has 4 nitrogen and oxygen atoms in total. The molecule has 0 aliphatic heterocycles. The van der Waals surface area contributed by atoms with Gasteiger partial charge < -0.3 is 10.1 Å². The molecule has 0 fully saturated rings. The van der Waals surface area contributed by atoms with Gasteiger partial charge in [0.15, 0.2) is 5.82 Å². The van der Waals surface area contributed by atoms with Crippen molar-refractivity contribution in [1.82, 2.24) is 9.97 Å². The van der Waals surface area contributed by atoms with Crippen LogP contribution in [-0.2, 0) is 11.3 Å². The van der Waals surface area contributed by atoms with Crippen LogP contribution in [0.15, 0.2) is 16.8 Å². The first kappa shape index (κ1) is 13.0. The molecule has 0 saturated carbocycles. The van der Waals surface area contributed by atoms with E-state index < -0.39 is 0 Å². The molecule has 0 amide bonds. The molecule has 0 aliphatic carbocycles. The number of aromatic nitrogens is 2. The standard InChI is InChI=1S/C13H17N3OS/c1-4-14-12-5-10(6-17-3)15-13(16-12)11-8-18-7-9(11)2/h5,7-8H,4,6H2,1-3H3,(H,14,15,16). The van der Waals surface area contributed by atoms with Gasteiger partial charge in [-0.3, -0.25) is 0 Å². The van der Waals surface area contributed by atoms with Crippen LogP contribution in [0, 0.1) is 6.92 Å². The van der Waals surface area contributed by atoms with E-state index in [0.717, 1.165) is 29.4 Å². The lowest BCUT2D eigenvalue weighted by molar-refractivity contribution is 0.181. The minimum absolute atomic E-state index is 0.497. The van der Waals surface area contributed by atoms with Crippen LogP contribution in [0.25, 0.3) is 11.4 Å². The predicted molar refractivity (Wildman–Crippen MR) is 75.0 cm³/mol. The number of rotatable bonds is 5. The Kier molecular flexibility index (Phi) is 4.28. The topological polar surface area (TPSA) is 47.0 Å². The van der Waals surface area contributed by atoms with Crippen LogP contribution in [0.4, 0.5) is 5.82 Å². The Morgan fingerprint density at radius 1 is 1.33 bits per heavy atom. The van der Waals surface area contributed by atoms with Crippen LogP contribution < -0.4 is 5.32 Å². The first-order valence-corrected chi connectivity index (χ1v) is 6.82. The van der Waals surface area contributed by atoms with Crippen LogP contribution in [0.3, 0.4) is 0 Å². The lowest BCUT2D eigenvalue weighted by atomic mass is 10.2. The molecule has 0 aromatic carbocycles. The van der Waals surface area contributed by atoms with E-state index in [1.165, 1.54) is 5.56 Å². The zero-order valence-electron chi connectivity index (χ0n) is 10.9. The van der Waals surface area contributed by atoms with E-state index in [0.29, 0.717) is 6.61 Å². The highest BCUT2D eigenvalue weighted by Gasteiger charge is 2.09. The Balaban J connectivity index is 2.42. The molecule has 0 atom stereocenters. The summed E-state index contributed by atoms with van der Waals surface area (Å²) >= 11 is 1.67. The molecule has 2 heterocycles. The smallest absolute Gasteiger partial charge is 0.162 e. The van der Waals surface area contributed by atoms with Crippen molar-refractivity contribution in [2.45, 2.75) is 20.5 Å². The summed E-state index contributed by atoms with van der Waals surface area (Å²) in [6.07, 6.45) is 0. The van der Waals surface area contributed by atoms with Crippen LogP contribution in [0.2, 0.25) is 0 Å². The van der Waals surface area contributed by atoms with Gasteiger partial charge in [-0.1, -0.05) is 0 Å². The first-order valence-electron chi connectivity index (χ1n) is 5.88. The maximum absolute atomic E-state index is 5.15. The SMILES string of the molecule is CCNc1cc(COC)nc(-c2cscc2C)n1. The third-order valence-corrected chi connectivity index (χ3v) is 3.39. The van der Waals surface area contributed by atoms with Gasteiger partial charge in [-0.2, -0.15) is 11.3 Å². The fourth-order valence-electron chi connectivity index (χ4n) is 1.70. The monoisotopic (exact) mass is 263 g/mol. The van der Waals surface area contributed by atoms with E-state index in [9.17, 15) is 0 Å². The van der Waals surface area contributed by atoms with Crippen molar-refractivity contribution < 1.29 is 4.74 Å². The summed E-state index contributed by atoms with van der Waals surface area (Å²) in [5.74, 6) is 1.61. The number of aryl methyl sites for hydroxylation is 1. The van der Waals surface area contributed by atoms with E-state index in [1.807, 2.05) is 13.0 Å². The summed E-state index contributed by atoms with van der Waals surface area (Å²) in [4.78, 5) is 9.08. The van der Waals surface area contributed by atoms with E-state index in [-0.39, 0.29) is 0 Å². The van der Waals surface area contributed by atoms with Gasteiger partial charge in [-0.15, -0.1) is 0 Å². The fraction of sp³-hybridized carbons (Fsp3) is 0.385. The summed E-state index contributed by atoms with van der Waals surface area (Å²) in [6, 6.07) is 1.93. The highest BCUT2D eigenvalue weighted by molar-refractivity contribution is 7.08. The fourth-order valence-corrected chi connectivity index (χ4v) is 2.53. The molecule has 2 aromatic rings. The Labute approximate surface area is 111 Å². The maximum atomic E-state index is 5.15. The molecule has 0 saturated heterocycles. The molecule has 96 valence electrons. The van der Waals surface area contributed by atoms with Crippen LogP contribution in [0.1, 0.15) is 18.2 Å². The summed E-state index contributed by atoms with van der Waals surface area (Å²) in [5, 5.41) is 7.41. The number of nitrogens with zero attached hydrogens (tertiary/aromatic N) is 2. The molecule has 1 N–H and O–H groups in total. The second-order valence-electron chi connectivity index (χ2n) is 4.00. The molecule has 0 spiro atoms. The lowest BCUT2D eigenvalue weighted by Crippen LogP contribution is -2.04. The lowest BCUT2D eigenvalue weighted by Gasteiger charge is -2.08. The molecular formula is C13H17N3OS. The van der Waals surface area contributed by atoms with Crippen LogP contribution in [0.5, 0.6) is 0 Å². The van der Waals surface area contributed by atoms with Crippen LogP contribution in [-0.4, -0.2) is 23.6 Å². The largest absolute Gasteiger partial charge is 0.378 e. The van der Waals surface area contributed by atoms with Gasteiger partial charge in [0.1, 0.15) is 5.82 Å².